The number of urea groups is 1. The second-order valence-corrected chi connectivity index (χ2v) is 8.57. The Morgan fingerprint density at radius 2 is 1.29 bits per heavy atom. The van der Waals surface area contributed by atoms with Crippen LogP contribution in [0.1, 0.15) is 5.56 Å². The summed E-state index contributed by atoms with van der Waals surface area (Å²) < 4.78 is 31.8. The summed E-state index contributed by atoms with van der Waals surface area (Å²) in [4.78, 5) is 12.0. The van der Waals surface area contributed by atoms with E-state index in [4.69, 9.17) is 4.55 Å². The maximum Gasteiger partial charge on any atom is 0.323 e. The van der Waals surface area contributed by atoms with Crippen LogP contribution in [0.15, 0.2) is 65.6 Å². The van der Waals surface area contributed by atoms with E-state index in [0.717, 1.165) is 17.0 Å². The minimum Gasteiger partial charge on any atom is -0.507 e. The van der Waals surface area contributed by atoms with E-state index in [9.17, 15) is 23.4 Å². The Labute approximate surface area is 177 Å². The van der Waals surface area contributed by atoms with Crippen molar-refractivity contribution >= 4 is 49.1 Å². The molecule has 0 atom stereocenters. The van der Waals surface area contributed by atoms with E-state index >= 15 is 0 Å². The number of benzene rings is 4. The summed E-state index contributed by atoms with van der Waals surface area (Å²) in [5, 5.41) is 27.7. The number of hydrogen-bond acceptors (Lipinski definition) is 5. The topological polar surface area (TPSA) is 136 Å². The van der Waals surface area contributed by atoms with Crippen LogP contribution in [0.4, 0.5) is 16.2 Å². The number of nitrogens with one attached hydrogen (secondary N) is 2. The van der Waals surface area contributed by atoms with Crippen molar-refractivity contribution in [2.75, 3.05) is 10.6 Å². The monoisotopic (exact) mass is 438 g/mol. The predicted molar refractivity (Wildman–Crippen MR) is 118 cm³/mol. The third-order valence-electron chi connectivity index (χ3n) is 4.80. The van der Waals surface area contributed by atoms with E-state index in [1.54, 1.807) is 24.3 Å². The van der Waals surface area contributed by atoms with Crippen molar-refractivity contribution in [3.05, 3.63) is 66.2 Å². The number of phenols is 2. The molecule has 0 aliphatic rings. The Hall–Kier alpha value is -3.82. The van der Waals surface area contributed by atoms with Gasteiger partial charge in [-0.05, 0) is 59.7 Å². The average Bonchev–Trinajstić information content (AvgIpc) is 2.68. The molecule has 2 amide bonds. The second-order valence-electron chi connectivity index (χ2n) is 7.15. The smallest absolute Gasteiger partial charge is 0.323 e. The minimum absolute atomic E-state index is 0.119. The lowest BCUT2D eigenvalue weighted by molar-refractivity contribution is 0.262. The molecule has 4 rings (SSSR count). The molecule has 0 saturated heterocycles. The fraction of sp³-hybridized carbons (Fsp3) is 0.0455. The number of aryl methyl sites for hydroxylation is 1. The highest BCUT2D eigenvalue weighted by Crippen LogP contribution is 2.31. The van der Waals surface area contributed by atoms with Crippen LogP contribution in [0, 0.1) is 6.92 Å². The molecule has 8 nitrogen and oxygen atoms in total. The number of carbonyl (C=O) groups is 1. The number of hydrogen-bond donors (Lipinski definition) is 5. The van der Waals surface area contributed by atoms with Gasteiger partial charge in [-0.3, -0.25) is 4.55 Å². The van der Waals surface area contributed by atoms with E-state index in [1.807, 2.05) is 13.0 Å². The lowest BCUT2D eigenvalue weighted by Crippen LogP contribution is -2.19. The lowest BCUT2D eigenvalue weighted by atomic mass is 10.1. The molecular formula is C22H18N2O6S. The average molecular weight is 438 g/mol. The molecule has 31 heavy (non-hydrogen) atoms. The Morgan fingerprint density at radius 3 is 1.84 bits per heavy atom. The van der Waals surface area contributed by atoms with E-state index in [2.05, 4.69) is 10.6 Å². The number of phenolic OH excluding ortho intramolecular Hbond substituents is 2. The Morgan fingerprint density at radius 1 is 0.774 bits per heavy atom. The zero-order valence-corrected chi connectivity index (χ0v) is 17.1. The van der Waals surface area contributed by atoms with Crippen LogP contribution < -0.4 is 10.6 Å². The molecule has 0 aromatic heterocycles. The van der Waals surface area contributed by atoms with Crippen molar-refractivity contribution in [3.63, 3.8) is 0 Å². The van der Waals surface area contributed by atoms with Crippen LogP contribution in [0.25, 0.3) is 21.5 Å². The van der Waals surface area contributed by atoms with Crippen molar-refractivity contribution in [2.45, 2.75) is 11.8 Å². The van der Waals surface area contributed by atoms with Crippen LogP contribution in [-0.2, 0) is 10.1 Å². The van der Waals surface area contributed by atoms with Gasteiger partial charge in [0.1, 0.15) is 11.5 Å². The van der Waals surface area contributed by atoms with Crippen molar-refractivity contribution < 1.29 is 28.0 Å². The summed E-state index contributed by atoms with van der Waals surface area (Å²) in [5.41, 5.74) is 1.76. The molecule has 158 valence electrons. The van der Waals surface area contributed by atoms with Gasteiger partial charge in [0.25, 0.3) is 10.1 Å². The number of amides is 2. The molecule has 0 aliphatic heterocycles. The van der Waals surface area contributed by atoms with Crippen LogP contribution in [0.3, 0.4) is 0 Å². The van der Waals surface area contributed by atoms with Gasteiger partial charge in [-0.25, -0.2) is 4.79 Å². The van der Waals surface area contributed by atoms with Gasteiger partial charge in [0, 0.05) is 28.2 Å². The van der Waals surface area contributed by atoms with E-state index < -0.39 is 21.0 Å². The molecule has 0 saturated carbocycles. The highest BCUT2D eigenvalue weighted by atomic mass is 32.2. The molecule has 5 N–H and O–H groups in total. The molecule has 0 aliphatic carbocycles. The van der Waals surface area contributed by atoms with Gasteiger partial charge < -0.3 is 20.8 Å². The van der Waals surface area contributed by atoms with Gasteiger partial charge in [0.15, 0.2) is 0 Å². The maximum atomic E-state index is 12.4. The first-order valence-corrected chi connectivity index (χ1v) is 10.6. The highest BCUT2D eigenvalue weighted by Gasteiger charge is 2.14. The Balaban J connectivity index is 1.57. The zero-order valence-electron chi connectivity index (χ0n) is 16.2. The number of aromatic hydroxyl groups is 2. The minimum atomic E-state index is -4.46. The van der Waals surface area contributed by atoms with Crippen molar-refractivity contribution in [2.24, 2.45) is 0 Å². The van der Waals surface area contributed by atoms with Gasteiger partial charge in [-0.2, -0.15) is 8.42 Å². The number of fused-ring (bicyclic) bond motifs is 2. The SMILES string of the molecule is Cc1cc(O)c2cc(NC(=O)Nc3ccc4cc(S(=O)(=O)O)cc(O)c4c3)ccc2c1. The van der Waals surface area contributed by atoms with Gasteiger partial charge >= 0.3 is 6.03 Å². The molecule has 0 heterocycles. The summed E-state index contributed by atoms with van der Waals surface area (Å²) in [7, 11) is -4.46. The van der Waals surface area contributed by atoms with Crippen LogP contribution in [0.2, 0.25) is 0 Å². The third-order valence-corrected chi connectivity index (χ3v) is 5.63. The normalized spacial score (nSPS) is 11.5. The molecule has 0 radical (unpaired) electrons. The number of carbonyl (C=O) groups excluding carboxylic acids is 1. The summed E-state index contributed by atoms with van der Waals surface area (Å²) in [5.74, 6) is -0.234. The van der Waals surface area contributed by atoms with E-state index in [1.165, 1.54) is 24.3 Å². The molecule has 4 aromatic carbocycles. The first kappa shape index (κ1) is 20.5. The number of anilines is 2. The summed E-state index contributed by atoms with van der Waals surface area (Å²) in [6.07, 6.45) is 0. The molecule has 9 heteroatoms. The Bertz CT molecular complexity index is 1460. The largest absolute Gasteiger partial charge is 0.507 e. The van der Waals surface area contributed by atoms with Crippen LogP contribution in [-0.4, -0.2) is 29.2 Å². The summed E-state index contributed by atoms with van der Waals surface area (Å²) in [6.45, 7) is 1.88. The molecule has 0 unspecified atom stereocenters. The van der Waals surface area contributed by atoms with E-state index in [-0.39, 0.29) is 11.5 Å². The molecule has 0 fully saturated rings. The van der Waals surface area contributed by atoms with E-state index in [0.29, 0.717) is 27.5 Å². The van der Waals surface area contributed by atoms with Crippen molar-refractivity contribution in [3.8, 4) is 11.5 Å². The maximum absolute atomic E-state index is 12.4. The quantitative estimate of drug-likeness (QED) is 0.297. The predicted octanol–water partition coefficient (Wildman–Crippen LogP) is 4.60. The summed E-state index contributed by atoms with van der Waals surface area (Å²) in [6, 6.07) is 14.9. The fourth-order valence-electron chi connectivity index (χ4n) is 3.39. The van der Waals surface area contributed by atoms with Gasteiger partial charge in [-0.1, -0.05) is 18.2 Å². The van der Waals surface area contributed by atoms with Crippen LogP contribution in [0.5, 0.6) is 11.5 Å². The Kier molecular flexibility index (Phi) is 4.92. The fourth-order valence-corrected chi connectivity index (χ4v) is 3.93. The second kappa shape index (κ2) is 7.46. The molecule has 4 aromatic rings. The number of rotatable bonds is 3. The lowest BCUT2D eigenvalue weighted by Gasteiger charge is -2.11. The highest BCUT2D eigenvalue weighted by molar-refractivity contribution is 7.85. The van der Waals surface area contributed by atoms with Crippen molar-refractivity contribution in [1.29, 1.82) is 0 Å². The molecule has 0 bridgehead atoms. The zero-order chi connectivity index (χ0) is 22.3. The van der Waals surface area contributed by atoms with Gasteiger partial charge in [0.05, 0.1) is 4.90 Å². The van der Waals surface area contributed by atoms with Gasteiger partial charge in [-0.15, -0.1) is 0 Å². The third kappa shape index (κ3) is 4.23. The standard InChI is InChI=1S/C22H18N2O6S/c1-12-6-13-2-4-15(9-18(13)20(25)7-12)23-22(27)24-16-5-3-14-8-17(31(28,29)30)11-21(26)19(14)10-16/h2-11,25-26H,1H3,(H2,23,24,27)(H,28,29,30). The summed E-state index contributed by atoms with van der Waals surface area (Å²) >= 11 is 0. The van der Waals surface area contributed by atoms with Crippen molar-refractivity contribution in [1.82, 2.24) is 0 Å². The first-order valence-electron chi connectivity index (χ1n) is 9.16. The molecule has 0 spiro atoms. The first-order chi connectivity index (χ1) is 14.6. The van der Waals surface area contributed by atoms with Gasteiger partial charge in [0.2, 0.25) is 0 Å². The molecular weight excluding hydrogens is 420 g/mol. The van der Waals surface area contributed by atoms with Crippen LogP contribution >= 0.6 is 0 Å².